The van der Waals surface area contributed by atoms with E-state index < -0.39 is 7.12 Å². The Kier molecular flexibility index (Phi) is 5.46. The molecule has 0 aliphatic carbocycles. The molecule has 10 heteroatoms. The van der Waals surface area contributed by atoms with Crippen LogP contribution < -0.4 is 15.5 Å². The fourth-order valence-electron chi connectivity index (χ4n) is 3.55. The molecule has 0 amide bonds. The van der Waals surface area contributed by atoms with Crippen LogP contribution in [0.15, 0.2) is 54.9 Å². The van der Waals surface area contributed by atoms with Gasteiger partial charge in [0.25, 0.3) is 0 Å². The second-order valence-corrected chi connectivity index (χ2v) is 7.67. The zero-order chi connectivity index (χ0) is 21.2. The van der Waals surface area contributed by atoms with Crippen molar-refractivity contribution in [2.75, 3.05) is 11.9 Å². The fraction of sp³-hybridized carbons (Fsp3) is 0.190. The number of pyridine rings is 1. The molecule has 5 rings (SSSR count). The third-order valence-corrected chi connectivity index (χ3v) is 5.35. The molecule has 0 unspecified atom stereocenters. The molecule has 2 N–H and O–H groups in total. The number of hydrogen-bond acceptors (Lipinski definition) is 7. The van der Waals surface area contributed by atoms with Crippen LogP contribution in [0.1, 0.15) is 11.3 Å². The summed E-state index contributed by atoms with van der Waals surface area (Å²) in [6, 6.07) is 13.1. The van der Waals surface area contributed by atoms with Gasteiger partial charge in [-0.2, -0.15) is 0 Å². The molecule has 2 aromatic heterocycles. The summed E-state index contributed by atoms with van der Waals surface area (Å²) in [5.74, 6) is 0.706. The van der Waals surface area contributed by atoms with E-state index in [4.69, 9.17) is 21.0 Å². The van der Waals surface area contributed by atoms with Crippen LogP contribution in [-0.2, 0) is 24.4 Å². The van der Waals surface area contributed by atoms with E-state index in [-0.39, 0.29) is 0 Å². The van der Waals surface area contributed by atoms with Gasteiger partial charge < -0.3 is 19.7 Å². The molecule has 0 radical (unpaired) electrons. The van der Waals surface area contributed by atoms with Gasteiger partial charge in [-0.3, -0.25) is 9.67 Å². The Morgan fingerprint density at radius 3 is 3.10 bits per heavy atom. The van der Waals surface area contributed by atoms with Crippen molar-refractivity contribution in [3.63, 3.8) is 0 Å². The minimum Gasteiger partial charge on any atom is -0.487 e. The predicted molar refractivity (Wildman–Crippen MR) is 118 cm³/mol. The van der Waals surface area contributed by atoms with E-state index in [1.165, 1.54) is 0 Å². The average Bonchev–Trinajstić information content (AvgIpc) is 3.38. The molecule has 4 aromatic rings. The van der Waals surface area contributed by atoms with Crippen molar-refractivity contribution >= 4 is 40.8 Å². The first kappa shape index (κ1) is 19.8. The molecule has 1 aliphatic heterocycles. The molecule has 0 spiro atoms. The van der Waals surface area contributed by atoms with Crippen molar-refractivity contribution in [2.24, 2.45) is 0 Å². The summed E-state index contributed by atoms with van der Waals surface area (Å²) in [4.78, 5) is 4.36. The highest BCUT2D eigenvalue weighted by molar-refractivity contribution is 6.61. The Morgan fingerprint density at radius 1 is 1.23 bits per heavy atom. The van der Waals surface area contributed by atoms with Gasteiger partial charge in [0.2, 0.25) is 0 Å². The number of anilines is 1. The van der Waals surface area contributed by atoms with E-state index in [2.05, 4.69) is 20.6 Å². The normalized spacial score (nSPS) is 12.9. The number of hydrogen-bond donors (Lipinski definition) is 2. The zero-order valence-electron chi connectivity index (χ0n) is 16.5. The van der Waals surface area contributed by atoms with E-state index >= 15 is 0 Å². The second kappa shape index (κ2) is 8.54. The van der Waals surface area contributed by atoms with Crippen LogP contribution in [-0.4, -0.2) is 38.7 Å². The summed E-state index contributed by atoms with van der Waals surface area (Å²) >= 11 is 6.05. The molecule has 0 fully saturated rings. The lowest BCUT2D eigenvalue weighted by Gasteiger charge is -2.09. The predicted octanol–water partition coefficient (Wildman–Crippen LogP) is 2.39. The molecule has 31 heavy (non-hydrogen) atoms. The maximum Gasteiger partial charge on any atom is 0.491 e. The number of ether oxygens (including phenoxy) is 1. The maximum atomic E-state index is 9.69. The van der Waals surface area contributed by atoms with Gasteiger partial charge >= 0.3 is 7.12 Å². The first-order valence-corrected chi connectivity index (χ1v) is 10.3. The Balaban J connectivity index is 1.16. The first-order chi connectivity index (χ1) is 15.2. The van der Waals surface area contributed by atoms with E-state index in [0.717, 1.165) is 33.3 Å². The average molecular weight is 436 g/mol. The van der Waals surface area contributed by atoms with Crippen LogP contribution in [0.3, 0.4) is 0 Å². The number of benzene rings is 2. The van der Waals surface area contributed by atoms with E-state index in [0.29, 0.717) is 37.1 Å². The van der Waals surface area contributed by atoms with Crippen molar-refractivity contribution < 1.29 is 14.4 Å². The van der Waals surface area contributed by atoms with Gasteiger partial charge in [0.15, 0.2) is 0 Å². The maximum absolute atomic E-state index is 9.69. The lowest BCUT2D eigenvalue weighted by atomic mass is 9.80. The third-order valence-electron chi connectivity index (χ3n) is 5.11. The lowest BCUT2D eigenvalue weighted by Crippen LogP contribution is -2.27. The SMILES string of the molecule is OB1OCc2cc(OCc3cn(CCNc4ccnc5cc(Cl)ccc45)nn3)ccc21. The number of nitrogens with zero attached hydrogens (tertiary/aromatic N) is 4. The van der Waals surface area contributed by atoms with Crippen LogP contribution in [0.25, 0.3) is 10.9 Å². The largest absolute Gasteiger partial charge is 0.491 e. The third kappa shape index (κ3) is 4.34. The summed E-state index contributed by atoms with van der Waals surface area (Å²) in [5, 5.41) is 23.1. The van der Waals surface area contributed by atoms with Gasteiger partial charge in [-0.05, 0) is 47.4 Å². The van der Waals surface area contributed by atoms with Crippen molar-refractivity contribution in [3.05, 3.63) is 71.1 Å². The van der Waals surface area contributed by atoms with Gasteiger partial charge in [-0.25, -0.2) is 0 Å². The number of halogens is 1. The van der Waals surface area contributed by atoms with E-state index in [1.807, 2.05) is 48.7 Å². The summed E-state index contributed by atoms with van der Waals surface area (Å²) < 4.78 is 12.8. The molecule has 0 saturated heterocycles. The van der Waals surface area contributed by atoms with E-state index in [9.17, 15) is 5.02 Å². The van der Waals surface area contributed by atoms with Crippen molar-refractivity contribution in [1.29, 1.82) is 0 Å². The molecule has 0 atom stereocenters. The quantitative estimate of drug-likeness (QED) is 0.430. The minimum absolute atomic E-state index is 0.311. The number of nitrogens with one attached hydrogen (secondary N) is 1. The van der Waals surface area contributed by atoms with Gasteiger partial charge in [0, 0.05) is 28.8 Å². The highest BCUT2D eigenvalue weighted by atomic mass is 35.5. The minimum atomic E-state index is -0.847. The van der Waals surface area contributed by atoms with Crippen LogP contribution in [0, 0.1) is 0 Å². The number of rotatable bonds is 7. The summed E-state index contributed by atoms with van der Waals surface area (Å²) in [5.41, 5.74) is 4.31. The second-order valence-electron chi connectivity index (χ2n) is 7.23. The smallest absolute Gasteiger partial charge is 0.487 e. The Bertz CT molecular complexity index is 1230. The number of aromatic nitrogens is 4. The first-order valence-electron chi connectivity index (χ1n) is 9.88. The van der Waals surface area contributed by atoms with Crippen LogP contribution in [0.5, 0.6) is 5.75 Å². The Hall–Kier alpha value is -3.14. The van der Waals surface area contributed by atoms with Crippen LogP contribution in [0.4, 0.5) is 5.69 Å². The van der Waals surface area contributed by atoms with Gasteiger partial charge in [0.05, 0.1) is 24.9 Å². The molecule has 8 nitrogen and oxygen atoms in total. The van der Waals surface area contributed by atoms with Crippen molar-refractivity contribution in [1.82, 2.24) is 20.0 Å². The lowest BCUT2D eigenvalue weighted by molar-refractivity contribution is 0.273. The molecule has 0 bridgehead atoms. The van der Waals surface area contributed by atoms with Gasteiger partial charge in [-0.1, -0.05) is 22.9 Å². The Morgan fingerprint density at radius 2 is 2.16 bits per heavy atom. The van der Waals surface area contributed by atoms with Crippen molar-refractivity contribution in [3.8, 4) is 5.75 Å². The monoisotopic (exact) mass is 435 g/mol. The van der Waals surface area contributed by atoms with Crippen molar-refractivity contribution in [2.45, 2.75) is 19.8 Å². The van der Waals surface area contributed by atoms with E-state index in [1.54, 1.807) is 10.9 Å². The van der Waals surface area contributed by atoms with Gasteiger partial charge in [0.1, 0.15) is 18.1 Å². The summed E-state index contributed by atoms with van der Waals surface area (Å²) in [6.45, 7) is 2.03. The van der Waals surface area contributed by atoms with Gasteiger partial charge in [-0.15, -0.1) is 5.10 Å². The Labute approximate surface area is 183 Å². The van der Waals surface area contributed by atoms with Crippen LogP contribution in [0.2, 0.25) is 5.02 Å². The molecular weight excluding hydrogens is 417 g/mol. The molecular formula is C21H19BClN5O3. The molecule has 3 heterocycles. The summed E-state index contributed by atoms with van der Waals surface area (Å²) in [6.07, 6.45) is 3.63. The molecule has 0 saturated carbocycles. The fourth-order valence-corrected chi connectivity index (χ4v) is 3.71. The molecule has 156 valence electrons. The highest BCUT2D eigenvalue weighted by Gasteiger charge is 2.27. The molecule has 1 aliphatic rings. The zero-order valence-corrected chi connectivity index (χ0v) is 17.3. The topological polar surface area (TPSA) is 94.3 Å². The standard InChI is InChI=1S/C21H19BClN5O3/c23-15-1-3-18-20(5-6-24-21(18)10-15)25-7-8-28-11-16(26-27-28)13-30-17-2-4-19-14(9-17)12-31-22(19)29/h1-6,9-11,29H,7-8,12-13H2,(H,24,25). The summed E-state index contributed by atoms with van der Waals surface area (Å²) in [7, 11) is -0.847. The highest BCUT2D eigenvalue weighted by Crippen LogP contribution is 2.24. The molecule has 2 aromatic carbocycles. The van der Waals surface area contributed by atoms with Crippen LogP contribution >= 0.6 is 11.6 Å². The number of fused-ring (bicyclic) bond motifs is 2.